The molecule has 0 atom stereocenters. The molecule has 0 aromatic heterocycles. The molecule has 1 N–H and O–H groups in total. The lowest BCUT2D eigenvalue weighted by molar-refractivity contribution is -0.116. The summed E-state index contributed by atoms with van der Waals surface area (Å²) in [6.45, 7) is 3.29. The minimum absolute atomic E-state index is 0.0164. The van der Waals surface area contributed by atoms with E-state index in [1.54, 1.807) is 12.1 Å². The Balaban J connectivity index is 1.50. The average molecular weight is 333 g/mol. The molecule has 0 spiro atoms. The van der Waals surface area contributed by atoms with Crippen LogP contribution < -0.4 is 5.32 Å². The van der Waals surface area contributed by atoms with Crippen molar-refractivity contribution < 1.29 is 4.79 Å². The summed E-state index contributed by atoms with van der Waals surface area (Å²) in [5.74, 6) is 0.0164. The van der Waals surface area contributed by atoms with Crippen LogP contribution in [0.15, 0.2) is 48.5 Å². The van der Waals surface area contributed by atoms with Crippen molar-refractivity contribution in [2.24, 2.45) is 0 Å². The number of likely N-dealkylation sites (tertiary alicyclic amines) is 1. The van der Waals surface area contributed by atoms with Crippen LogP contribution in [0, 0.1) is 11.3 Å². The number of anilines is 1. The maximum Gasteiger partial charge on any atom is 0.224 e. The first-order chi connectivity index (χ1) is 12.2. The van der Waals surface area contributed by atoms with Crippen LogP contribution in [0.2, 0.25) is 0 Å². The molecule has 0 radical (unpaired) electrons. The number of nitrogens with zero attached hydrogens (tertiary/aromatic N) is 2. The molecule has 4 nitrogen and oxygen atoms in total. The Bertz CT molecular complexity index is 755. The molecule has 128 valence electrons. The number of aryl methyl sites for hydroxylation is 1. The second kappa shape index (κ2) is 8.46. The van der Waals surface area contributed by atoms with Gasteiger partial charge >= 0.3 is 0 Å². The van der Waals surface area contributed by atoms with E-state index in [9.17, 15) is 4.79 Å². The summed E-state index contributed by atoms with van der Waals surface area (Å²) < 4.78 is 0. The third-order valence-electron chi connectivity index (χ3n) is 4.54. The van der Waals surface area contributed by atoms with Crippen molar-refractivity contribution >= 4 is 11.6 Å². The normalized spacial score (nSPS) is 14.2. The quantitative estimate of drug-likeness (QED) is 0.876. The van der Waals surface area contributed by atoms with Crippen LogP contribution in [0.1, 0.15) is 36.0 Å². The molecule has 4 heteroatoms. The third-order valence-corrected chi connectivity index (χ3v) is 4.54. The molecule has 1 amide bonds. The average Bonchev–Trinajstić information content (AvgIpc) is 3.14. The van der Waals surface area contributed by atoms with Gasteiger partial charge in [0.15, 0.2) is 0 Å². The van der Waals surface area contributed by atoms with Gasteiger partial charge in [-0.25, -0.2) is 0 Å². The molecule has 1 saturated heterocycles. The maximum absolute atomic E-state index is 12.2. The monoisotopic (exact) mass is 333 g/mol. The van der Waals surface area contributed by atoms with Gasteiger partial charge in [0, 0.05) is 18.7 Å². The Labute approximate surface area is 149 Å². The van der Waals surface area contributed by atoms with Crippen LogP contribution in [-0.4, -0.2) is 23.9 Å². The van der Waals surface area contributed by atoms with E-state index in [0.717, 1.165) is 17.8 Å². The van der Waals surface area contributed by atoms with E-state index in [1.165, 1.54) is 31.5 Å². The summed E-state index contributed by atoms with van der Waals surface area (Å²) in [6, 6.07) is 17.6. The predicted octanol–water partition coefficient (Wildman–Crippen LogP) is 3.73. The Morgan fingerprint density at radius 2 is 1.84 bits per heavy atom. The van der Waals surface area contributed by atoms with E-state index < -0.39 is 0 Å². The van der Waals surface area contributed by atoms with Crippen LogP contribution >= 0.6 is 0 Å². The zero-order valence-corrected chi connectivity index (χ0v) is 14.4. The molecule has 0 unspecified atom stereocenters. The molecule has 2 aromatic carbocycles. The van der Waals surface area contributed by atoms with Gasteiger partial charge in [-0.05, 0) is 67.7 Å². The highest BCUT2D eigenvalue weighted by atomic mass is 16.1. The molecule has 25 heavy (non-hydrogen) atoms. The van der Waals surface area contributed by atoms with Crippen LogP contribution in [0.5, 0.6) is 0 Å². The Morgan fingerprint density at radius 1 is 1.08 bits per heavy atom. The molecule has 0 aliphatic carbocycles. The van der Waals surface area contributed by atoms with Crippen molar-refractivity contribution in [2.75, 3.05) is 18.4 Å². The van der Waals surface area contributed by atoms with E-state index in [4.69, 9.17) is 5.26 Å². The molecule has 2 aromatic rings. The Morgan fingerprint density at radius 3 is 2.56 bits per heavy atom. The lowest BCUT2D eigenvalue weighted by atomic mass is 10.1. The Hall–Kier alpha value is -2.64. The second-order valence-electron chi connectivity index (χ2n) is 6.54. The first-order valence-corrected chi connectivity index (χ1v) is 8.83. The number of hydrogen-bond acceptors (Lipinski definition) is 3. The number of nitriles is 1. The largest absolute Gasteiger partial charge is 0.326 e. The smallest absolute Gasteiger partial charge is 0.224 e. The number of carbonyl (C=O) groups is 1. The van der Waals surface area contributed by atoms with Crippen LogP contribution in [0.4, 0.5) is 5.69 Å². The zero-order valence-electron chi connectivity index (χ0n) is 14.4. The molecule has 0 saturated carbocycles. The number of amides is 1. The summed E-state index contributed by atoms with van der Waals surface area (Å²) in [5.41, 5.74) is 3.81. The molecule has 1 aliphatic heterocycles. The molecule has 3 rings (SSSR count). The third kappa shape index (κ3) is 5.17. The summed E-state index contributed by atoms with van der Waals surface area (Å²) in [5, 5.41) is 11.8. The fourth-order valence-corrected chi connectivity index (χ4v) is 3.17. The highest BCUT2D eigenvalue weighted by molar-refractivity contribution is 5.90. The van der Waals surface area contributed by atoms with Gasteiger partial charge in [-0.1, -0.05) is 24.3 Å². The highest BCUT2D eigenvalue weighted by Crippen LogP contribution is 2.16. The summed E-state index contributed by atoms with van der Waals surface area (Å²) >= 11 is 0. The van der Waals surface area contributed by atoms with E-state index >= 15 is 0 Å². The fourth-order valence-electron chi connectivity index (χ4n) is 3.17. The topological polar surface area (TPSA) is 56.1 Å². The van der Waals surface area contributed by atoms with Crippen molar-refractivity contribution in [3.8, 4) is 6.07 Å². The van der Waals surface area contributed by atoms with Crippen LogP contribution in [0.3, 0.4) is 0 Å². The van der Waals surface area contributed by atoms with Gasteiger partial charge in [0.1, 0.15) is 0 Å². The number of benzene rings is 2. The van der Waals surface area contributed by atoms with Gasteiger partial charge in [0.05, 0.1) is 11.6 Å². The summed E-state index contributed by atoms with van der Waals surface area (Å²) in [7, 11) is 0. The van der Waals surface area contributed by atoms with Gasteiger partial charge < -0.3 is 5.32 Å². The van der Waals surface area contributed by atoms with Crippen molar-refractivity contribution in [1.29, 1.82) is 5.26 Å². The van der Waals surface area contributed by atoms with Crippen LogP contribution in [0.25, 0.3) is 0 Å². The molecule has 1 heterocycles. The molecule has 1 aliphatic rings. The van der Waals surface area contributed by atoms with Crippen molar-refractivity contribution in [2.45, 2.75) is 32.2 Å². The standard InChI is InChI=1S/C21H23N3O/c22-15-18-8-6-17(7-9-18)10-11-21(25)23-20-5-3-4-19(14-20)16-24-12-1-2-13-24/h3-9,14H,1-2,10-13,16H2,(H,23,25). The number of carbonyl (C=O) groups excluding carboxylic acids is 1. The second-order valence-corrected chi connectivity index (χ2v) is 6.54. The van der Waals surface area contributed by atoms with Crippen molar-refractivity contribution in [3.05, 3.63) is 65.2 Å². The number of hydrogen-bond donors (Lipinski definition) is 1. The molecule has 0 bridgehead atoms. The van der Waals surface area contributed by atoms with Gasteiger partial charge in [-0.15, -0.1) is 0 Å². The van der Waals surface area contributed by atoms with E-state index in [1.807, 2.05) is 24.3 Å². The van der Waals surface area contributed by atoms with E-state index in [-0.39, 0.29) is 5.91 Å². The highest BCUT2D eigenvalue weighted by Gasteiger charge is 2.12. The van der Waals surface area contributed by atoms with Gasteiger partial charge in [-0.2, -0.15) is 5.26 Å². The van der Waals surface area contributed by atoms with Gasteiger partial charge in [0.2, 0.25) is 5.91 Å². The summed E-state index contributed by atoms with van der Waals surface area (Å²) in [4.78, 5) is 14.6. The van der Waals surface area contributed by atoms with Gasteiger partial charge in [-0.3, -0.25) is 9.69 Å². The maximum atomic E-state index is 12.2. The minimum atomic E-state index is 0.0164. The van der Waals surface area contributed by atoms with E-state index in [2.05, 4.69) is 28.4 Å². The Kier molecular flexibility index (Phi) is 5.81. The fraction of sp³-hybridized carbons (Fsp3) is 0.333. The molecular formula is C21H23N3O. The van der Waals surface area contributed by atoms with Crippen molar-refractivity contribution in [1.82, 2.24) is 4.90 Å². The lowest BCUT2D eigenvalue weighted by Gasteiger charge is -2.15. The van der Waals surface area contributed by atoms with E-state index in [0.29, 0.717) is 18.4 Å². The SMILES string of the molecule is N#Cc1ccc(CCC(=O)Nc2cccc(CN3CCCC3)c2)cc1. The van der Waals surface area contributed by atoms with Crippen molar-refractivity contribution in [3.63, 3.8) is 0 Å². The van der Waals surface area contributed by atoms with Crippen LogP contribution in [-0.2, 0) is 17.8 Å². The molecule has 1 fully saturated rings. The molecular weight excluding hydrogens is 310 g/mol. The first kappa shape index (κ1) is 17.2. The summed E-state index contributed by atoms with van der Waals surface area (Å²) in [6.07, 6.45) is 3.67. The lowest BCUT2D eigenvalue weighted by Crippen LogP contribution is -2.18. The number of nitrogens with one attached hydrogen (secondary N) is 1. The number of rotatable bonds is 6. The minimum Gasteiger partial charge on any atom is -0.326 e. The zero-order chi connectivity index (χ0) is 17.5. The van der Waals surface area contributed by atoms with Gasteiger partial charge in [0.25, 0.3) is 0 Å². The first-order valence-electron chi connectivity index (χ1n) is 8.83. The predicted molar refractivity (Wildman–Crippen MR) is 99.1 cm³/mol.